The van der Waals surface area contributed by atoms with Gasteiger partial charge in [0.1, 0.15) is 5.69 Å². The number of rotatable bonds is 2. The molecule has 1 saturated carbocycles. The van der Waals surface area contributed by atoms with Crippen LogP contribution in [0.5, 0.6) is 0 Å². The van der Waals surface area contributed by atoms with Gasteiger partial charge in [-0.15, -0.1) is 0 Å². The van der Waals surface area contributed by atoms with Crippen molar-refractivity contribution < 1.29 is 16.0 Å². The number of anilines is 1. The lowest BCUT2D eigenvalue weighted by molar-refractivity contribution is -0.568. The summed E-state index contributed by atoms with van der Waals surface area (Å²) in [7, 11) is 0. The summed E-state index contributed by atoms with van der Waals surface area (Å²) in [4.78, 5) is 6.60. The van der Waals surface area contributed by atoms with E-state index in [1.54, 1.807) is 6.20 Å². The second kappa shape index (κ2) is 5.61. The Morgan fingerprint density at radius 1 is 1.16 bits per heavy atom. The lowest BCUT2D eigenvalue weighted by Crippen LogP contribution is -2.90. The van der Waals surface area contributed by atoms with Crippen molar-refractivity contribution in [3.8, 4) is 0 Å². The summed E-state index contributed by atoms with van der Waals surface area (Å²) in [6, 6.07) is 12.8. The van der Waals surface area contributed by atoms with Crippen LogP contribution in [0.15, 0.2) is 54.2 Å². The van der Waals surface area contributed by atoms with Gasteiger partial charge in [-0.1, -0.05) is 18.2 Å². The number of quaternary nitrogens is 1. The Morgan fingerprint density at radius 3 is 2.68 bits per heavy atom. The number of hydrogen-bond donors (Lipinski definition) is 2. The Labute approximate surface area is 145 Å². The second-order valence-corrected chi connectivity index (χ2v) is 6.60. The molecule has 3 aliphatic rings. The van der Waals surface area contributed by atoms with Crippen LogP contribution in [0, 0.1) is 6.92 Å². The molecule has 0 saturated heterocycles. The van der Waals surface area contributed by atoms with Gasteiger partial charge in [0, 0.05) is 28.4 Å². The van der Waals surface area contributed by atoms with Crippen LogP contribution in [0.25, 0.3) is 11.9 Å². The van der Waals surface area contributed by atoms with Crippen molar-refractivity contribution in [3.63, 3.8) is 0 Å². The first-order valence-electron chi connectivity index (χ1n) is 8.32. The highest BCUT2D eigenvalue weighted by Crippen LogP contribution is 2.35. The van der Waals surface area contributed by atoms with Crippen molar-refractivity contribution in [1.82, 2.24) is 9.88 Å². The normalized spacial score (nSPS) is 18.5. The molecule has 5 rings (SSSR count). The minimum absolute atomic E-state index is 0. The van der Waals surface area contributed by atoms with Gasteiger partial charge >= 0.3 is 0 Å². The maximum absolute atomic E-state index is 10.9. The SMILES string of the molecule is Cc1ccc(N2[NH2+]C3=c4ccccc4=CN(C4CC4)C3=C2O)cn1.[OH-]. The average molecular weight is 336 g/mol. The summed E-state index contributed by atoms with van der Waals surface area (Å²) in [6.07, 6.45) is 6.33. The molecule has 3 heterocycles. The smallest absolute Gasteiger partial charge is 0.270 e. The number of aliphatic hydroxyl groups is 1. The summed E-state index contributed by atoms with van der Waals surface area (Å²) < 4.78 is 0. The van der Waals surface area contributed by atoms with Gasteiger partial charge in [-0.05, 0) is 38.0 Å². The van der Waals surface area contributed by atoms with Gasteiger partial charge < -0.3 is 15.5 Å². The summed E-state index contributed by atoms with van der Waals surface area (Å²) in [5, 5.41) is 15.1. The molecular weight excluding hydrogens is 316 g/mol. The summed E-state index contributed by atoms with van der Waals surface area (Å²) >= 11 is 0. The monoisotopic (exact) mass is 336 g/mol. The minimum atomic E-state index is 0. The van der Waals surface area contributed by atoms with Crippen molar-refractivity contribution >= 4 is 17.6 Å². The van der Waals surface area contributed by atoms with Crippen LogP contribution in [-0.4, -0.2) is 26.5 Å². The Kier molecular flexibility index (Phi) is 3.52. The van der Waals surface area contributed by atoms with Gasteiger partial charge in [-0.25, -0.2) is 5.43 Å². The van der Waals surface area contributed by atoms with E-state index < -0.39 is 0 Å². The Balaban J connectivity index is 0.00000157. The highest BCUT2D eigenvalue weighted by molar-refractivity contribution is 5.68. The molecule has 25 heavy (non-hydrogen) atoms. The zero-order valence-electron chi connectivity index (χ0n) is 13.9. The molecule has 0 unspecified atom stereocenters. The van der Waals surface area contributed by atoms with Gasteiger partial charge in [0.25, 0.3) is 5.88 Å². The van der Waals surface area contributed by atoms with E-state index >= 15 is 0 Å². The van der Waals surface area contributed by atoms with Crippen molar-refractivity contribution in [3.05, 3.63) is 70.3 Å². The van der Waals surface area contributed by atoms with Crippen LogP contribution in [-0.2, 0) is 0 Å². The highest BCUT2D eigenvalue weighted by atomic mass is 16.3. The molecule has 0 radical (unpaired) electrons. The zero-order valence-corrected chi connectivity index (χ0v) is 13.9. The predicted octanol–water partition coefficient (Wildman–Crippen LogP) is 0.263. The number of aryl methyl sites for hydroxylation is 1. The molecule has 0 spiro atoms. The molecule has 2 aliphatic heterocycles. The topological polar surface area (TPSA) is 86.2 Å². The fourth-order valence-electron chi connectivity index (χ4n) is 3.45. The number of nitrogens with two attached hydrogens (primary N) is 1. The average Bonchev–Trinajstić information content (AvgIpc) is 3.39. The Morgan fingerprint density at radius 2 is 1.96 bits per heavy atom. The lowest BCUT2D eigenvalue weighted by atomic mass is 10.1. The fourth-order valence-corrected chi connectivity index (χ4v) is 3.45. The fraction of sp³-hybridized carbons (Fsp3) is 0.211. The van der Waals surface area contributed by atoms with Gasteiger partial charge in [0.2, 0.25) is 0 Å². The molecule has 1 aromatic carbocycles. The third-order valence-electron chi connectivity index (χ3n) is 4.85. The molecule has 0 bridgehead atoms. The standard InChI is InChI=1S/C19H18N4O.H2O/c1-12-6-7-15(10-20-12)23-19(24)18-17(21-23)16-5-3-2-4-13(16)11-22(18)14-8-9-14;/h2-7,10-11,14,21,24H,8-9H2,1H3;1H2. The number of hydrogen-bond acceptors (Lipinski definition) is 5. The lowest BCUT2D eigenvalue weighted by Gasteiger charge is -2.22. The third-order valence-corrected chi connectivity index (χ3v) is 4.85. The maximum Gasteiger partial charge on any atom is 0.270 e. The summed E-state index contributed by atoms with van der Waals surface area (Å²) in [6.45, 7) is 1.96. The predicted molar refractivity (Wildman–Crippen MR) is 93.4 cm³/mol. The van der Waals surface area contributed by atoms with Crippen LogP contribution >= 0.6 is 0 Å². The van der Waals surface area contributed by atoms with Crippen molar-refractivity contribution in [2.75, 3.05) is 5.01 Å². The summed E-state index contributed by atoms with van der Waals surface area (Å²) in [5.41, 5.74) is 5.86. The number of aromatic nitrogens is 1. The molecule has 6 heteroatoms. The van der Waals surface area contributed by atoms with Crippen LogP contribution in [0.4, 0.5) is 5.69 Å². The third kappa shape index (κ3) is 2.38. The van der Waals surface area contributed by atoms with E-state index in [9.17, 15) is 5.11 Å². The van der Waals surface area contributed by atoms with Crippen LogP contribution in [0.3, 0.4) is 0 Å². The summed E-state index contributed by atoms with van der Waals surface area (Å²) in [5.74, 6) is 0.285. The van der Waals surface area contributed by atoms with E-state index in [1.165, 1.54) is 23.3 Å². The first-order chi connectivity index (χ1) is 11.7. The van der Waals surface area contributed by atoms with Crippen LogP contribution < -0.4 is 20.9 Å². The van der Waals surface area contributed by atoms with E-state index in [4.69, 9.17) is 0 Å². The molecule has 2 aromatic rings. The number of benzene rings is 1. The number of nitrogens with zero attached hydrogens (tertiary/aromatic N) is 3. The largest absolute Gasteiger partial charge is 0.870 e. The van der Waals surface area contributed by atoms with Gasteiger partial charge in [-0.2, -0.15) is 5.01 Å². The van der Waals surface area contributed by atoms with E-state index in [0.717, 1.165) is 22.8 Å². The van der Waals surface area contributed by atoms with Gasteiger partial charge in [0.15, 0.2) is 11.4 Å². The van der Waals surface area contributed by atoms with E-state index in [1.807, 2.05) is 35.6 Å². The Hall–Kier alpha value is -2.83. The maximum atomic E-state index is 10.9. The molecule has 4 N–H and O–H groups in total. The molecule has 0 atom stereocenters. The van der Waals surface area contributed by atoms with Gasteiger partial charge in [-0.3, -0.25) is 4.98 Å². The zero-order chi connectivity index (χ0) is 16.3. The highest BCUT2D eigenvalue weighted by Gasteiger charge is 2.42. The molecule has 128 valence electrons. The molecule has 1 aromatic heterocycles. The molecule has 6 nitrogen and oxygen atoms in total. The van der Waals surface area contributed by atoms with E-state index in [-0.39, 0.29) is 11.4 Å². The number of fused-ring (bicyclic) bond motifs is 2. The molecule has 0 amide bonds. The Bertz CT molecular complexity index is 977. The quantitative estimate of drug-likeness (QED) is 0.769. The first kappa shape index (κ1) is 15.7. The minimum Gasteiger partial charge on any atom is -0.870 e. The number of aliphatic hydroxyl groups excluding tert-OH is 1. The van der Waals surface area contributed by atoms with Crippen LogP contribution in [0.1, 0.15) is 18.5 Å². The van der Waals surface area contributed by atoms with Crippen LogP contribution in [0.2, 0.25) is 0 Å². The molecule has 1 fully saturated rings. The molecule has 1 aliphatic carbocycles. The molecular formula is C19H20N4O2. The van der Waals surface area contributed by atoms with Crippen molar-refractivity contribution in [2.45, 2.75) is 25.8 Å². The second-order valence-electron chi connectivity index (χ2n) is 6.60. The number of pyridine rings is 1. The first-order valence-corrected chi connectivity index (χ1v) is 8.32. The van der Waals surface area contributed by atoms with Crippen molar-refractivity contribution in [1.29, 1.82) is 0 Å². The van der Waals surface area contributed by atoms with E-state index in [2.05, 4.69) is 34.3 Å². The van der Waals surface area contributed by atoms with Crippen molar-refractivity contribution in [2.24, 2.45) is 0 Å². The van der Waals surface area contributed by atoms with Gasteiger partial charge in [0.05, 0.1) is 6.20 Å². The van der Waals surface area contributed by atoms with E-state index in [0.29, 0.717) is 6.04 Å².